The van der Waals surface area contributed by atoms with Crippen molar-refractivity contribution in [3.8, 4) is 5.75 Å². The standard InChI is InChI=1S/C10H13BrN4O/c1-2-16-9-4-3-8(11)5-7(9)6-14-15-10(12)13/h3-6H,2H2,1H3,(H4,12,13,15). The van der Waals surface area contributed by atoms with E-state index in [1.807, 2.05) is 25.1 Å². The van der Waals surface area contributed by atoms with Gasteiger partial charge in [0.15, 0.2) is 0 Å². The van der Waals surface area contributed by atoms with E-state index in [-0.39, 0.29) is 5.96 Å². The van der Waals surface area contributed by atoms with Crippen LogP contribution in [0.15, 0.2) is 32.9 Å². The summed E-state index contributed by atoms with van der Waals surface area (Å²) in [7, 11) is 0. The van der Waals surface area contributed by atoms with Crippen LogP contribution in [0.5, 0.6) is 5.75 Å². The Morgan fingerprint density at radius 2 is 2.25 bits per heavy atom. The summed E-state index contributed by atoms with van der Waals surface area (Å²) >= 11 is 3.37. The van der Waals surface area contributed by atoms with Crippen molar-refractivity contribution in [2.75, 3.05) is 6.61 Å². The van der Waals surface area contributed by atoms with Gasteiger partial charge in [-0.3, -0.25) is 0 Å². The molecule has 16 heavy (non-hydrogen) atoms. The third kappa shape index (κ3) is 3.90. The smallest absolute Gasteiger partial charge is 0.211 e. The number of ether oxygens (including phenoxy) is 1. The Bertz CT molecular complexity index is 413. The second-order valence-corrected chi connectivity index (χ2v) is 3.80. The number of rotatable bonds is 4. The molecular weight excluding hydrogens is 272 g/mol. The van der Waals surface area contributed by atoms with Crippen LogP contribution in [0.3, 0.4) is 0 Å². The van der Waals surface area contributed by atoms with E-state index in [4.69, 9.17) is 16.2 Å². The second-order valence-electron chi connectivity index (χ2n) is 2.88. The van der Waals surface area contributed by atoms with Crippen LogP contribution in [0.25, 0.3) is 0 Å². The summed E-state index contributed by atoms with van der Waals surface area (Å²) in [6.45, 7) is 2.50. The lowest BCUT2D eigenvalue weighted by Gasteiger charge is -2.06. The average Bonchev–Trinajstić information content (AvgIpc) is 2.21. The topological polar surface area (TPSA) is 86.0 Å². The number of nitrogens with zero attached hydrogens (tertiary/aromatic N) is 2. The average molecular weight is 285 g/mol. The summed E-state index contributed by atoms with van der Waals surface area (Å²) in [6, 6.07) is 5.62. The third-order valence-corrected chi connectivity index (χ3v) is 2.13. The first kappa shape index (κ1) is 12.5. The van der Waals surface area contributed by atoms with Gasteiger partial charge in [0.05, 0.1) is 12.8 Å². The van der Waals surface area contributed by atoms with Gasteiger partial charge >= 0.3 is 0 Å². The van der Waals surface area contributed by atoms with Gasteiger partial charge in [0.2, 0.25) is 5.96 Å². The monoisotopic (exact) mass is 284 g/mol. The Morgan fingerprint density at radius 3 is 2.88 bits per heavy atom. The summed E-state index contributed by atoms with van der Waals surface area (Å²) in [6.07, 6.45) is 1.54. The molecule has 0 spiro atoms. The Kier molecular flexibility index (Phi) is 4.78. The molecule has 0 fully saturated rings. The van der Waals surface area contributed by atoms with Crippen LogP contribution in [0.1, 0.15) is 12.5 Å². The van der Waals surface area contributed by atoms with Crippen LogP contribution in [0, 0.1) is 0 Å². The van der Waals surface area contributed by atoms with Gasteiger partial charge in [-0.25, -0.2) is 0 Å². The lowest BCUT2D eigenvalue weighted by molar-refractivity contribution is 0.339. The molecule has 0 atom stereocenters. The molecule has 86 valence electrons. The van der Waals surface area contributed by atoms with E-state index in [0.717, 1.165) is 15.8 Å². The third-order valence-electron chi connectivity index (χ3n) is 1.64. The van der Waals surface area contributed by atoms with Crippen molar-refractivity contribution in [1.82, 2.24) is 0 Å². The number of hydrogen-bond donors (Lipinski definition) is 2. The fourth-order valence-corrected chi connectivity index (χ4v) is 1.44. The number of guanidine groups is 1. The number of nitrogens with two attached hydrogens (primary N) is 2. The van der Waals surface area contributed by atoms with E-state index in [9.17, 15) is 0 Å². The van der Waals surface area contributed by atoms with Crippen molar-refractivity contribution < 1.29 is 4.74 Å². The van der Waals surface area contributed by atoms with E-state index in [1.54, 1.807) is 0 Å². The Hall–Kier alpha value is -1.56. The van der Waals surface area contributed by atoms with Crippen LogP contribution in [0.4, 0.5) is 0 Å². The predicted molar refractivity (Wildman–Crippen MR) is 68.7 cm³/mol. The molecule has 0 aliphatic carbocycles. The normalized spacial score (nSPS) is 10.4. The minimum atomic E-state index is -0.0794. The van der Waals surface area contributed by atoms with Crippen molar-refractivity contribution in [2.24, 2.45) is 21.7 Å². The molecular formula is C10H13BrN4O. The first-order valence-corrected chi connectivity index (χ1v) is 5.47. The first-order chi connectivity index (χ1) is 7.63. The van der Waals surface area contributed by atoms with E-state index in [0.29, 0.717) is 6.61 Å². The molecule has 0 amide bonds. The van der Waals surface area contributed by atoms with Gasteiger partial charge in [0, 0.05) is 10.0 Å². The van der Waals surface area contributed by atoms with Gasteiger partial charge < -0.3 is 16.2 Å². The SMILES string of the molecule is CCOc1ccc(Br)cc1C=NN=C(N)N. The Morgan fingerprint density at radius 1 is 1.50 bits per heavy atom. The zero-order valence-electron chi connectivity index (χ0n) is 8.85. The zero-order valence-corrected chi connectivity index (χ0v) is 10.4. The molecule has 0 saturated carbocycles. The van der Waals surface area contributed by atoms with Gasteiger partial charge in [-0.15, -0.1) is 5.10 Å². The fourth-order valence-electron chi connectivity index (χ4n) is 1.06. The van der Waals surface area contributed by atoms with E-state index >= 15 is 0 Å². The maximum Gasteiger partial charge on any atom is 0.211 e. The molecule has 5 nitrogen and oxygen atoms in total. The fraction of sp³-hybridized carbons (Fsp3) is 0.200. The Labute approximate surface area is 102 Å². The maximum atomic E-state index is 5.43. The molecule has 0 radical (unpaired) electrons. The highest BCUT2D eigenvalue weighted by molar-refractivity contribution is 9.10. The molecule has 0 aliphatic rings. The molecule has 1 aromatic carbocycles. The van der Waals surface area contributed by atoms with Crippen LogP contribution >= 0.6 is 15.9 Å². The van der Waals surface area contributed by atoms with Gasteiger partial charge in [0.1, 0.15) is 5.75 Å². The van der Waals surface area contributed by atoms with Crippen LogP contribution in [-0.2, 0) is 0 Å². The van der Waals surface area contributed by atoms with Gasteiger partial charge in [-0.05, 0) is 25.1 Å². The maximum absolute atomic E-state index is 5.43. The molecule has 0 aliphatic heterocycles. The largest absolute Gasteiger partial charge is 0.493 e. The lowest BCUT2D eigenvalue weighted by Crippen LogP contribution is -2.21. The quantitative estimate of drug-likeness (QED) is 0.499. The van der Waals surface area contributed by atoms with Crippen molar-refractivity contribution in [2.45, 2.75) is 6.92 Å². The molecule has 0 heterocycles. The minimum Gasteiger partial charge on any atom is -0.493 e. The van der Waals surface area contributed by atoms with Crippen molar-refractivity contribution >= 4 is 28.1 Å². The van der Waals surface area contributed by atoms with E-state index < -0.39 is 0 Å². The highest BCUT2D eigenvalue weighted by Gasteiger charge is 2.01. The van der Waals surface area contributed by atoms with Crippen LogP contribution in [0.2, 0.25) is 0 Å². The second kappa shape index (κ2) is 6.12. The summed E-state index contributed by atoms with van der Waals surface area (Å²) in [5, 5.41) is 7.26. The molecule has 1 aromatic rings. The van der Waals surface area contributed by atoms with Crippen molar-refractivity contribution in [3.63, 3.8) is 0 Å². The van der Waals surface area contributed by atoms with Crippen LogP contribution in [-0.4, -0.2) is 18.8 Å². The molecule has 0 saturated heterocycles. The molecule has 0 aromatic heterocycles. The zero-order chi connectivity index (χ0) is 12.0. The molecule has 4 N–H and O–H groups in total. The van der Waals surface area contributed by atoms with Gasteiger partial charge in [-0.2, -0.15) is 5.10 Å². The van der Waals surface area contributed by atoms with Gasteiger partial charge in [-0.1, -0.05) is 15.9 Å². The van der Waals surface area contributed by atoms with E-state index in [1.165, 1.54) is 6.21 Å². The van der Waals surface area contributed by atoms with Crippen molar-refractivity contribution in [1.29, 1.82) is 0 Å². The molecule has 0 unspecified atom stereocenters. The number of benzene rings is 1. The summed E-state index contributed by atoms with van der Waals surface area (Å²) in [5.41, 5.74) is 11.1. The minimum absolute atomic E-state index is 0.0794. The summed E-state index contributed by atoms with van der Waals surface area (Å²) in [4.78, 5) is 0. The summed E-state index contributed by atoms with van der Waals surface area (Å²) in [5.74, 6) is 0.657. The Balaban J connectivity index is 2.96. The number of halogens is 1. The highest BCUT2D eigenvalue weighted by atomic mass is 79.9. The number of hydrogen-bond acceptors (Lipinski definition) is 3. The van der Waals surface area contributed by atoms with E-state index in [2.05, 4.69) is 26.1 Å². The molecule has 0 bridgehead atoms. The van der Waals surface area contributed by atoms with Crippen LogP contribution < -0.4 is 16.2 Å². The summed E-state index contributed by atoms with van der Waals surface area (Å²) < 4.78 is 6.36. The van der Waals surface area contributed by atoms with Gasteiger partial charge in [0.25, 0.3) is 0 Å². The lowest BCUT2D eigenvalue weighted by atomic mass is 10.2. The molecule has 1 rings (SSSR count). The molecule has 6 heteroatoms. The first-order valence-electron chi connectivity index (χ1n) is 4.67. The predicted octanol–water partition coefficient (Wildman–Crippen LogP) is 1.46. The van der Waals surface area contributed by atoms with Crippen molar-refractivity contribution in [3.05, 3.63) is 28.2 Å². The highest BCUT2D eigenvalue weighted by Crippen LogP contribution is 2.21.